The summed E-state index contributed by atoms with van der Waals surface area (Å²) >= 11 is 0. The minimum Gasteiger partial charge on any atom is -0.508 e. The highest BCUT2D eigenvalue weighted by atomic mass is 16.3. The Morgan fingerprint density at radius 2 is 1.14 bits per heavy atom. The van der Waals surface area contributed by atoms with Crippen LogP contribution in [0.3, 0.4) is 0 Å². The molecule has 0 aliphatic carbocycles. The van der Waals surface area contributed by atoms with E-state index in [0.29, 0.717) is 13.1 Å². The van der Waals surface area contributed by atoms with Gasteiger partial charge in [0.25, 0.3) is 0 Å². The van der Waals surface area contributed by atoms with Gasteiger partial charge < -0.3 is 15.3 Å². The second-order valence-corrected chi connectivity index (χ2v) is 7.53. The monoisotopic (exact) mass is 391 g/mol. The lowest BCUT2D eigenvalue weighted by molar-refractivity contribution is 0.0480. The van der Waals surface area contributed by atoms with Crippen LogP contribution >= 0.6 is 0 Å². The van der Waals surface area contributed by atoms with Gasteiger partial charge in [0.05, 0.1) is 12.2 Å². The van der Waals surface area contributed by atoms with Gasteiger partial charge in [0.2, 0.25) is 0 Å². The third-order valence-corrected chi connectivity index (χ3v) is 5.27. The van der Waals surface area contributed by atoms with Crippen LogP contribution < -0.4 is 0 Å². The maximum Gasteiger partial charge on any atom is 0.115 e. The van der Waals surface area contributed by atoms with E-state index in [-0.39, 0.29) is 11.8 Å². The van der Waals surface area contributed by atoms with Crippen LogP contribution in [0.4, 0.5) is 0 Å². The second kappa shape index (κ2) is 10.2. The Kier molecular flexibility index (Phi) is 7.42. The van der Waals surface area contributed by atoms with Gasteiger partial charge in [0.1, 0.15) is 5.75 Å². The van der Waals surface area contributed by atoms with E-state index in [1.54, 1.807) is 12.1 Å². The van der Waals surface area contributed by atoms with Crippen LogP contribution in [0, 0.1) is 0 Å². The van der Waals surface area contributed by atoms with Crippen molar-refractivity contribution in [2.24, 2.45) is 0 Å². The first-order valence-corrected chi connectivity index (χ1v) is 10.0. The first kappa shape index (κ1) is 21.1. The molecule has 0 aliphatic rings. The highest BCUT2D eigenvalue weighted by Crippen LogP contribution is 2.22. The molecule has 0 radical (unpaired) electrons. The second-order valence-electron chi connectivity index (χ2n) is 7.53. The Bertz CT molecular complexity index is 805. The molecule has 0 aliphatic heterocycles. The highest BCUT2D eigenvalue weighted by molar-refractivity contribution is 5.26. The summed E-state index contributed by atoms with van der Waals surface area (Å²) in [5.74, 6) is 0.247. The summed E-state index contributed by atoms with van der Waals surface area (Å²) in [6.45, 7) is 2.95. The van der Waals surface area contributed by atoms with Gasteiger partial charge >= 0.3 is 0 Å². The van der Waals surface area contributed by atoms with E-state index in [1.165, 1.54) is 0 Å². The Morgan fingerprint density at radius 3 is 1.59 bits per heavy atom. The van der Waals surface area contributed by atoms with Gasteiger partial charge in [-0.2, -0.15) is 0 Å². The molecule has 3 aromatic rings. The molecule has 0 spiro atoms. The quantitative estimate of drug-likeness (QED) is 0.514. The van der Waals surface area contributed by atoms with E-state index >= 15 is 0 Å². The lowest BCUT2D eigenvalue weighted by Gasteiger charge is -2.33. The van der Waals surface area contributed by atoms with E-state index in [0.717, 1.165) is 23.1 Å². The van der Waals surface area contributed by atoms with Crippen molar-refractivity contribution in [2.45, 2.75) is 31.6 Å². The number of nitrogens with zero attached hydrogens (tertiary/aromatic N) is 1. The predicted octanol–water partition coefficient (Wildman–Crippen LogP) is 4.09. The molecule has 0 saturated carbocycles. The zero-order chi connectivity index (χ0) is 20.6. The van der Waals surface area contributed by atoms with Gasteiger partial charge in [-0.15, -0.1) is 0 Å². The van der Waals surface area contributed by atoms with Gasteiger partial charge in [-0.1, -0.05) is 72.8 Å². The molecular formula is C25H29NO3. The third-order valence-electron chi connectivity index (χ3n) is 5.27. The summed E-state index contributed by atoms with van der Waals surface area (Å²) < 4.78 is 0. The fourth-order valence-electron chi connectivity index (χ4n) is 3.54. The van der Waals surface area contributed by atoms with Crippen molar-refractivity contribution in [2.75, 3.05) is 13.1 Å². The van der Waals surface area contributed by atoms with Crippen molar-refractivity contribution >= 4 is 0 Å². The topological polar surface area (TPSA) is 63.9 Å². The highest BCUT2D eigenvalue weighted by Gasteiger charge is 2.22. The standard InChI is InChI=1S/C25H29NO3/c1-19(16-20-12-14-23(27)15-13-20)26(17-24(28)21-8-4-2-5-9-21)18-25(29)22-10-6-3-7-11-22/h2-15,19,24-25,27-29H,16-18H2,1H3/t19-,24+,25+/m1/s1. The number of aliphatic hydroxyl groups is 2. The Hall–Kier alpha value is -2.66. The maximum atomic E-state index is 10.8. The van der Waals surface area contributed by atoms with Crippen molar-refractivity contribution in [1.82, 2.24) is 4.90 Å². The number of aromatic hydroxyl groups is 1. The van der Waals surface area contributed by atoms with Crippen molar-refractivity contribution < 1.29 is 15.3 Å². The van der Waals surface area contributed by atoms with Crippen molar-refractivity contribution in [3.8, 4) is 5.75 Å². The molecule has 0 heterocycles. The van der Waals surface area contributed by atoms with Crippen LogP contribution in [-0.4, -0.2) is 39.4 Å². The van der Waals surface area contributed by atoms with Gasteiger partial charge in [-0.25, -0.2) is 0 Å². The molecule has 0 saturated heterocycles. The third kappa shape index (κ3) is 6.16. The average Bonchev–Trinajstić information content (AvgIpc) is 2.76. The number of hydrogen-bond donors (Lipinski definition) is 3. The van der Waals surface area contributed by atoms with Crippen LogP contribution in [0.1, 0.15) is 35.8 Å². The lowest BCUT2D eigenvalue weighted by atomic mass is 10.0. The van der Waals surface area contributed by atoms with Crippen molar-refractivity contribution in [3.05, 3.63) is 102 Å². The summed E-state index contributed by atoms with van der Waals surface area (Å²) in [5, 5.41) is 31.1. The number of aliphatic hydroxyl groups excluding tert-OH is 2. The van der Waals surface area contributed by atoms with E-state index in [9.17, 15) is 15.3 Å². The first-order valence-electron chi connectivity index (χ1n) is 10.0. The van der Waals surface area contributed by atoms with E-state index in [2.05, 4.69) is 11.8 Å². The largest absolute Gasteiger partial charge is 0.508 e. The minimum absolute atomic E-state index is 0.0938. The zero-order valence-corrected chi connectivity index (χ0v) is 16.7. The smallest absolute Gasteiger partial charge is 0.115 e. The zero-order valence-electron chi connectivity index (χ0n) is 16.7. The normalized spacial score (nSPS) is 14.5. The Morgan fingerprint density at radius 1 is 0.690 bits per heavy atom. The molecule has 4 heteroatoms. The van der Waals surface area contributed by atoms with Crippen LogP contribution in [0.25, 0.3) is 0 Å². The van der Waals surface area contributed by atoms with Crippen LogP contribution in [0.15, 0.2) is 84.9 Å². The molecular weight excluding hydrogens is 362 g/mol. The summed E-state index contributed by atoms with van der Waals surface area (Å²) in [7, 11) is 0. The molecule has 0 bridgehead atoms. The molecule has 3 atom stereocenters. The molecule has 3 aromatic carbocycles. The molecule has 0 fully saturated rings. The molecule has 29 heavy (non-hydrogen) atoms. The van der Waals surface area contributed by atoms with E-state index < -0.39 is 12.2 Å². The Balaban J connectivity index is 1.75. The first-order chi connectivity index (χ1) is 14.0. The van der Waals surface area contributed by atoms with E-state index in [4.69, 9.17) is 0 Å². The lowest BCUT2D eigenvalue weighted by Crippen LogP contribution is -2.40. The summed E-state index contributed by atoms with van der Waals surface area (Å²) in [6.07, 6.45) is -0.522. The predicted molar refractivity (Wildman–Crippen MR) is 116 cm³/mol. The number of phenolic OH excluding ortho intramolecular Hbond substituents is 1. The van der Waals surface area contributed by atoms with Crippen LogP contribution in [-0.2, 0) is 6.42 Å². The molecule has 0 unspecified atom stereocenters. The van der Waals surface area contributed by atoms with Gasteiger partial charge in [-0.05, 0) is 42.2 Å². The van der Waals surface area contributed by atoms with Crippen LogP contribution in [0.2, 0.25) is 0 Å². The number of benzene rings is 3. The molecule has 0 aromatic heterocycles. The SMILES string of the molecule is C[C@H](Cc1ccc(O)cc1)N(C[C@H](O)c1ccccc1)C[C@H](O)c1ccccc1. The van der Waals surface area contributed by atoms with Gasteiger partial charge in [0.15, 0.2) is 0 Å². The van der Waals surface area contributed by atoms with Crippen LogP contribution in [0.5, 0.6) is 5.75 Å². The number of rotatable bonds is 9. The molecule has 3 N–H and O–H groups in total. The fourth-order valence-corrected chi connectivity index (χ4v) is 3.54. The minimum atomic E-state index is -0.638. The van der Waals surface area contributed by atoms with Crippen molar-refractivity contribution in [3.63, 3.8) is 0 Å². The van der Waals surface area contributed by atoms with Gasteiger partial charge in [-0.3, -0.25) is 4.90 Å². The summed E-state index contributed by atoms with van der Waals surface area (Å²) in [4.78, 5) is 2.13. The van der Waals surface area contributed by atoms with E-state index in [1.807, 2.05) is 72.8 Å². The average molecular weight is 392 g/mol. The number of hydrogen-bond acceptors (Lipinski definition) is 4. The van der Waals surface area contributed by atoms with Gasteiger partial charge in [0, 0.05) is 19.1 Å². The molecule has 4 nitrogen and oxygen atoms in total. The Labute approximate surface area is 172 Å². The fraction of sp³-hybridized carbons (Fsp3) is 0.280. The summed E-state index contributed by atoms with van der Waals surface area (Å²) in [6, 6.07) is 26.5. The number of phenols is 1. The van der Waals surface area contributed by atoms with Crippen molar-refractivity contribution in [1.29, 1.82) is 0 Å². The summed E-state index contributed by atoms with van der Waals surface area (Å²) in [5.41, 5.74) is 2.83. The molecule has 152 valence electrons. The molecule has 0 amide bonds. The molecule has 3 rings (SSSR count). The maximum absolute atomic E-state index is 10.8.